The quantitative estimate of drug-likeness (QED) is 0.579. The number of rotatable bonds is 1. The normalized spacial score (nSPS) is 42.7. The third-order valence-electron chi connectivity index (χ3n) is 9.10. The highest BCUT2D eigenvalue weighted by atomic mass is 16.1. The number of nitrogens with zero attached hydrogens (tertiary/aromatic N) is 2. The van der Waals surface area contributed by atoms with E-state index in [2.05, 4.69) is 26.0 Å². The predicted molar refractivity (Wildman–Crippen MR) is 104 cm³/mol. The number of nitriles is 2. The fourth-order valence-corrected chi connectivity index (χ4v) is 7.65. The van der Waals surface area contributed by atoms with E-state index in [1.54, 1.807) is 0 Å². The summed E-state index contributed by atoms with van der Waals surface area (Å²) in [5.74, 6) is 2.80. The van der Waals surface area contributed by atoms with E-state index in [4.69, 9.17) is 0 Å². The van der Waals surface area contributed by atoms with Crippen molar-refractivity contribution in [3.05, 3.63) is 22.8 Å². The summed E-state index contributed by atoms with van der Waals surface area (Å²) in [7, 11) is 0. The Hall–Kier alpha value is -1.87. The van der Waals surface area contributed by atoms with Crippen LogP contribution in [-0.2, 0) is 4.79 Å². The lowest BCUT2D eigenvalue weighted by Gasteiger charge is -2.58. The first kappa shape index (κ1) is 18.5. The molecule has 142 valence electrons. The highest BCUT2D eigenvalue weighted by molar-refractivity contribution is 5.91. The molecule has 27 heavy (non-hydrogen) atoms. The van der Waals surface area contributed by atoms with E-state index < -0.39 is 0 Å². The number of allylic oxidation sites excluding steroid dienone is 3. The van der Waals surface area contributed by atoms with Gasteiger partial charge in [-0.1, -0.05) is 19.4 Å². The van der Waals surface area contributed by atoms with E-state index in [0.29, 0.717) is 35.5 Å². The molecule has 0 aromatic rings. The second-order valence-corrected chi connectivity index (χ2v) is 9.92. The minimum Gasteiger partial charge on any atom is -0.295 e. The zero-order valence-electron chi connectivity index (χ0n) is 16.8. The van der Waals surface area contributed by atoms with Crippen molar-refractivity contribution in [2.45, 2.75) is 72.1 Å². The number of hydrogen-bond acceptors (Lipinski definition) is 3. The first-order valence-electron chi connectivity index (χ1n) is 10.6. The summed E-state index contributed by atoms with van der Waals surface area (Å²) in [6.07, 6.45) is 10.7. The molecule has 0 spiro atoms. The lowest BCUT2D eigenvalue weighted by molar-refractivity contribution is -0.117. The van der Waals surface area contributed by atoms with E-state index in [0.717, 1.165) is 30.8 Å². The molecule has 3 heteroatoms. The van der Waals surface area contributed by atoms with Gasteiger partial charge in [-0.3, -0.25) is 4.79 Å². The molecule has 0 N–H and O–H groups in total. The second-order valence-electron chi connectivity index (χ2n) is 9.92. The van der Waals surface area contributed by atoms with Crippen molar-refractivity contribution >= 4 is 5.78 Å². The Morgan fingerprint density at radius 1 is 1.04 bits per heavy atom. The molecule has 3 fully saturated rings. The molecule has 3 saturated carbocycles. The maximum Gasteiger partial charge on any atom is 0.155 e. The van der Waals surface area contributed by atoms with Crippen LogP contribution in [0.2, 0.25) is 0 Å². The third kappa shape index (κ3) is 2.55. The Morgan fingerprint density at radius 2 is 1.78 bits per heavy atom. The Labute approximate surface area is 163 Å². The van der Waals surface area contributed by atoms with Crippen LogP contribution in [0.25, 0.3) is 0 Å². The summed E-state index contributed by atoms with van der Waals surface area (Å²) in [4.78, 5) is 12.0. The van der Waals surface area contributed by atoms with E-state index >= 15 is 0 Å². The topological polar surface area (TPSA) is 64.7 Å². The number of hydrogen-bond donors (Lipinski definition) is 0. The molecular formula is C24H30N2O. The molecular weight excluding hydrogens is 332 g/mol. The molecule has 0 aliphatic heterocycles. The Bertz CT molecular complexity index is 806. The molecule has 0 bridgehead atoms. The van der Waals surface area contributed by atoms with Crippen LogP contribution in [0, 0.1) is 57.2 Å². The molecule has 4 rings (SSSR count). The summed E-state index contributed by atoms with van der Waals surface area (Å²) < 4.78 is 0. The van der Waals surface area contributed by atoms with Gasteiger partial charge in [0.1, 0.15) is 17.7 Å². The molecule has 6 atom stereocenters. The molecule has 3 nitrogen and oxygen atoms in total. The van der Waals surface area contributed by atoms with E-state index in [1.165, 1.54) is 31.3 Å². The van der Waals surface area contributed by atoms with Crippen LogP contribution in [-0.4, -0.2) is 5.78 Å². The van der Waals surface area contributed by atoms with Crippen molar-refractivity contribution in [1.29, 1.82) is 10.5 Å². The molecule has 0 saturated heterocycles. The predicted octanol–water partition coefficient (Wildman–Crippen LogP) is 5.50. The first-order chi connectivity index (χ1) is 12.8. The monoisotopic (exact) mass is 362 g/mol. The van der Waals surface area contributed by atoms with Gasteiger partial charge in [0, 0.05) is 6.42 Å². The highest BCUT2D eigenvalue weighted by Gasteiger charge is 2.59. The highest BCUT2D eigenvalue weighted by Crippen LogP contribution is 2.67. The largest absolute Gasteiger partial charge is 0.295 e. The maximum absolute atomic E-state index is 12.0. The maximum atomic E-state index is 12.0. The molecule has 0 aromatic carbocycles. The van der Waals surface area contributed by atoms with Gasteiger partial charge in [0.25, 0.3) is 0 Å². The van der Waals surface area contributed by atoms with Gasteiger partial charge in [-0.2, -0.15) is 10.5 Å². The van der Waals surface area contributed by atoms with Gasteiger partial charge in [0.05, 0.1) is 0 Å². The molecule has 4 aliphatic carbocycles. The van der Waals surface area contributed by atoms with Gasteiger partial charge in [0.2, 0.25) is 0 Å². The fourth-order valence-electron chi connectivity index (χ4n) is 7.65. The summed E-state index contributed by atoms with van der Waals surface area (Å²) in [6.45, 7) is 6.87. The van der Waals surface area contributed by atoms with Crippen molar-refractivity contribution in [2.75, 3.05) is 0 Å². The van der Waals surface area contributed by atoms with Crippen LogP contribution in [0.15, 0.2) is 22.8 Å². The van der Waals surface area contributed by atoms with Crippen molar-refractivity contribution in [3.8, 4) is 12.1 Å². The molecule has 4 aliphatic rings. The molecule has 0 heterocycles. The van der Waals surface area contributed by atoms with Gasteiger partial charge in [-0.25, -0.2) is 0 Å². The lowest BCUT2D eigenvalue weighted by atomic mass is 9.46. The summed E-state index contributed by atoms with van der Waals surface area (Å²) >= 11 is 0. The van der Waals surface area contributed by atoms with E-state index in [1.807, 2.05) is 13.0 Å². The number of ketones is 1. The van der Waals surface area contributed by atoms with Gasteiger partial charge >= 0.3 is 0 Å². The van der Waals surface area contributed by atoms with Crippen LogP contribution in [0.1, 0.15) is 72.1 Å². The SMILES string of the molecule is CC(=C(C#N)C#N)C1CC[C@H]2[C@@H]3CCC4=CC(=O)CC[C@]4(C)[C@H]3CC[C@]12C. The van der Waals surface area contributed by atoms with Crippen molar-refractivity contribution in [1.82, 2.24) is 0 Å². The average Bonchev–Trinajstić information content (AvgIpc) is 3.00. The van der Waals surface area contributed by atoms with Crippen molar-refractivity contribution < 1.29 is 4.79 Å². The molecule has 0 amide bonds. The van der Waals surface area contributed by atoms with Crippen molar-refractivity contribution in [3.63, 3.8) is 0 Å². The number of carbonyl (C=O) groups excluding carboxylic acids is 1. The summed E-state index contributed by atoms with van der Waals surface area (Å²) in [5, 5.41) is 18.7. The van der Waals surface area contributed by atoms with E-state index in [9.17, 15) is 15.3 Å². The van der Waals surface area contributed by atoms with Crippen molar-refractivity contribution in [2.24, 2.45) is 34.5 Å². The van der Waals surface area contributed by atoms with Crippen LogP contribution >= 0.6 is 0 Å². The zero-order chi connectivity index (χ0) is 19.4. The molecule has 1 unspecified atom stereocenters. The van der Waals surface area contributed by atoms with Gasteiger partial charge < -0.3 is 0 Å². The van der Waals surface area contributed by atoms with Gasteiger partial charge in [-0.05, 0) is 98.0 Å². The van der Waals surface area contributed by atoms with Gasteiger partial charge in [-0.15, -0.1) is 0 Å². The number of carbonyl (C=O) groups is 1. The standard InChI is InChI=1S/C24H30N2O/c1-15(16(13-25)14-26)20-6-7-21-19-5-4-17-12-18(27)8-10-23(17,2)22(19)9-11-24(20,21)3/h12,19-22H,4-11H2,1-3H3/t19-,20?,21-,22-,23-,24+/m0/s1. The van der Waals surface area contributed by atoms with E-state index in [-0.39, 0.29) is 10.8 Å². The number of fused-ring (bicyclic) bond motifs is 5. The average molecular weight is 363 g/mol. The van der Waals surface area contributed by atoms with Crippen LogP contribution < -0.4 is 0 Å². The van der Waals surface area contributed by atoms with Gasteiger partial charge in [0.15, 0.2) is 5.78 Å². The molecule has 0 radical (unpaired) electrons. The Morgan fingerprint density at radius 3 is 2.48 bits per heavy atom. The fraction of sp³-hybridized carbons (Fsp3) is 0.708. The smallest absolute Gasteiger partial charge is 0.155 e. The van der Waals surface area contributed by atoms with Crippen LogP contribution in [0.3, 0.4) is 0 Å². The first-order valence-corrected chi connectivity index (χ1v) is 10.6. The zero-order valence-corrected chi connectivity index (χ0v) is 16.8. The molecule has 0 aromatic heterocycles. The lowest BCUT2D eigenvalue weighted by Crippen LogP contribution is -2.50. The summed E-state index contributed by atoms with van der Waals surface area (Å²) in [6, 6.07) is 4.25. The second kappa shape index (κ2) is 6.34. The third-order valence-corrected chi connectivity index (χ3v) is 9.10. The summed E-state index contributed by atoms with van der Waals surface area (Å²) in [5.41, 5.74) is 3.20. The minimum atomic E-state index is 0.214. The van der Waals surface area contributed by atoms with Crippen LogP contribution in [0.5, 0.6) is 0 Å². The minimum absolute atomic E-state index is 0.214. The van der Waals surface area contributed by atoms with Crippen LogP contribution in [0.4, 0.5) is 0 Å². The Balaban J connectivity index is 1.66. The Kier molecular flexibility index (Phi) is 4.34.